The van der Waals surface area contributed by atoms with Gasteiger partial charge < -0.3 is 9.73 Å². The Balaban J connectivity index is 1.71. The van der Waals surface area contributed by atoms with Crippen molar-refractivity contribution in [2.45, 2.75) is 12.3 Å². The molecule has 1 aromatic heterocycles. The topological polar surface area (TPSA) is 42.2 Å². The Morgan fingerprint density at radius 3 is 2.95 bits per heavy atom. The third-order valence-corrected chi connectivity index (χ3v) is 3.76. The van der Waals surface area contributed by atoms with E-state index in [1.54, 1.807) is 30.5 Å². The number of carbonyl (C=O) groups is 1. The summed E-state index contributed by atoms with van der Waals surface area (Å²) in [6, 6.07) is 8.09. The standard InChI is InChI=1S/C14H13ClFNO2S/c15-11-4-3-10(13(16)6-11)8-20-9-14(18)17-7-12-2-1-5-19-12/h1-6H,7-9H2,(H,17,18). The number of amides is 1. The Labute approximate surface area is 125 Å². The first-order chi connectivity index (χ1) is 9.65. The molecular weight excluding hydrogens is 301 g/mol. The molecule has 1 aromatic carbocycles. The summed E-state index contributed by atoms with van der Waals surface area (Å²) < 4.78 is 18.6. The highest BCUT2D eigenvalue weighted by atomic mass is 35.5. The van der Waals surface area contributed by atoms with Crippen LogP contribution in [0.1, 0.15) is 11.3 Å². The second-order valence-electron chi connectivity index (χ2n) is 4.08. The van der Waals surface area contributed by atoms with E-state index in [-0.39, 0.29) is 17.5 Å². The maximum Gasteiger partial charge on any atom is 0.230 e. The summed E-state index contributed by atoms with van der Waals surface area (Å²) in [6.07, 6.45) is 1.56. The molecular formula is C14H13ClFNO2S. The fourth-order valence-electron chi connectivity index (χ4n) is 1.54. The van der Waals surface area contributed by atoms with Gasteiger partial charge in [-0.2, -0.15) is 0 Å². The van der Waals surface area contributed by atoms with Crippen molar-refractivity contribution in [3.63, 3.8) is 0 Å². The molecule has 106 valence electrons. The van der Waals surface area contributed by atoms with Gasteiger partial charge in [-0.1, -0.05) is 17.7 Å². The molecule has 0 saturated heterocycles. The minimum atomic E-state index is -0.346. The summed E-state index contributed by atoms with van der Waals surface area (Å²) in [5.41, 5.74) is 0.540. The molecule has 0 aliphatic carbocycles. The lowest BCUT2D eigenvalue weighted by Crippen LogP contribution is -2.24. The summed E-state index contributed by atoms with van der Waals surface area (Å²) in [4.78, 5) is 11.6. The minimum absolute atomic E-state index is 0.110. The molecule has 1 amide bonds. The lowest BCUT2D eigenvalue weighted by molar-refractivity contribution is -0.118. The number of halogens is 2. The Morgan fingerprint density at radius 2 is 2.25 bits per heavy atom. The minimum Gasteiger partial charge on any atom is -0.467 e. The van der Waals surface area contributed by atoms with E-state index in [4.69, 9.17) is 16.0 Å². The average molecular weight is 314 g/mol. The lowest BCUT2D eigenvalue weighted by atomic mass is 10.2. The summed E-state index contributed by atoms with van der Waals surface area (Å²) in [5, 5.41) is 3.09. The normalized spacial score (nSPS) is 10.5. The van der Waals surface area contributed by atoms with Gasteiger partial charge in [-0.05, 0) is 29.8 Å². The summed E-state index contributed by atoms with van der Waals surface area (Å²) in [6.45, 7) is 0.363. The molecule has 2 aromatic rings. The van der Waals surface area contributed by atoms with E-state index >= 15 is 0 Å². The van der Waals surface area contributed by atoms with Gasteiger partial charge in [0.05, 0.1) is 18.6 Å². The highest BCUT2D eigenvalue weighted by molar-refractivity contribution is 7.99. The SMILES string of the molecule is O=C(CSCc1ccc(Cl)cc1F)NCc1ccco1. The third-order valence-electron chi connectivity index (χ3n) is 2.55. The predicted octanol–water partition coefficient (Wildman–Crippen LogP) is 3.62. The van der Waals surface area contributed by atoms with E-state index in [0.717, 1.165) is 0 Å². The second kappa shape index (κ2) is 7.36. The van der Waals surface area contributed by atoms with Gasteiger partial charge in [-0.25, -0.2) is 4.39 Å². The number of hydrogen-bond acceptors (Lipinski definition) is 3. The smallest absolute Gasteiger partial charge is 0.230 e. The van der Waals surface area contributed by atoms with Crippen molar-refractivity contribution in [1.29, 1.82) is 0 Å². The monoisotopic (exact) mass is 313 g/mol. The highest BCUT2D eigenvalue weighted by Gasteiger charge is 2.06. The molecule has 1 N–H and O–H groups in total. The van der Waals surface area contributed by atoms with E-state index in [9.17, 15) is 9.18 Å². The van der Waals surface area contributed by atoms with Crippen LogP contribution in [0, 0.1) is 5.82 Å². The maximum atomic E-state index is 13.5. The van der Waals surface area contributed by atoms with Crippen LogP contribution in [0.3, 0.4) is 0 Å². The van der Waals surface area contributed by atoms with Crippen molar-refractivity contribution in [3.8, 4) is 0 Å². The van der Waals surface area contributed by atoms with Gasteiger partial charge >= 0.3 is 0 Å². The Hall–Kier alpha value is -1.46. The number of carbonyl (C=O) groups excluding carboxylic acids is 1. The van der Waals surface area contributed by atoms with E-state index in [1.807, 2.05) is 0 Å². The molecule has 0 radical (unpaired) electrons. The molecule has 1 heterocycles. The number of furan rings is 1. The van der Waals surface area contributed by atoms with E-state index in [2.05, 4.69) is 5.32 Å². The van der Waals surface area contributed by atoms with Crippen LogP contribution in [0.5, 0.6) is 0 Å². The first kappa shape index (κ1) is 14.9. The van der Waals surface area contributed by atoms with Crippen LogP contribution < -0.4 is 5.32 Å². The molecule has 0 saturated carbocycles. The molecule has 0 atom stereocenters. The van der Waals surface area contributed by atoms with Crippen LogP contribution in [0.2, 0.25) is 5.02 Å². The van der Waals surface area contributed by atoms with Crippen molar-refractivity contribution in [1.82, 2.24) is 5.32 Å². The molecule has 0 aliphatic rings. The average Bonchev–Trinajstić information content (AvgIpc) is 2.92. The Bertz CT molecular complexity index is 575. The third kappa shape index (κ3) is 4.58. The maximum absolute atomic E-state index is 13.5. The van der Waals surface area contributed by atoms with Gasteiger partial charge in [-0.3, -0.25) is 4.79 Å². The molecule has 0 aliphatic heterocycles. The van der Waals surface area contributed by atoms with Crippen LogP contribution in [0.4, 0.5) is 4.39 Å². The summed E-state index contributed by atoms with van der Waals surface area (Å²) >= 11 is 7.02. The molecule has 0 spiro atoms. The summed E-state index contributed by atoms with van der Waals surface area (Å²) in [5.74, 6) is 0.939. The highest BCUT2D eigenvalue weighted by Crippen LogP contribution is 2.19. The molecule has 20 heavy (non-hydrogen) atoms. The first-order valence-corrected chi connectivity index (χ1v) is 7.49. The lowest BCUT2D eigenvalue weighted by Gasteiger charge is -2.05. The molecule has 3 nitrogen and oxygen atoms in total. The number of nitrogens with one attached hydrogen (secondary N) is 1. The van der Waals surface area contributed by atoms with Crippen LogP contribution in [0.25, 0.3) is 0 Å². The van der Waals surface area contributed by atoms with Gasteiger partial charge in [0.25, 0.3) is 0 Å². The van der Waals surface area contributed by atoms with Gasteiger partial charge in [0.1, 0.15) is 11.6 Å². The molecule has 0 fully saturated rings. The zero-order chi connectivity index (χ0) is 14.4. The quantitative estimate of drug-likeness (QED) is 0.885. The van der Waals surface area contributed by atoms with Crippen molar-refractivity contribution in [3.05, 3.63) is 58.8 Å². The van der Waals surface area contributed by atoms with Crippen molar-refractivity contribution in [2.75, 3.05) is 5.75 Å². The Kier molecular flexibility index (Phi) is 5.49. The van der Waals surface area contributed by atoms with E-state index in [1.165, 1.54) is 17.8 Å². The van der Waals surface area contributed by atoms with Crippen molar-refractivity contribution >= 4 is 29.3 Å². The van der Waals surface area contributed by atoms with Crippen molar-refractivity contribution < 1.29 is 13.6 Å². The predicted molar refractivity (Wildman–Crippen MR) is 78.1 cm³/mol. The second-order valence-corrected chi connectivity index (χ2v) is 5.51. The van der Waals surface area contributed by atoms with Gasteiger partial charge in [0.15, 0.2) is 0 Å². The van der Waals surface area contributed by atoms with Crippen LogP contribution in [-0.2, 0) is 17.1 Å². The van der Waals surface area contributed by atoms with Crippen LogP contribution >= 0.6 is 23.4 Å². The Morgan fingerprint density at radius 1 is 1.40 bits per heavy atom. The zero-order valence-electron chi connectivity index (χ0n) is 10.6. The van der Waals surface area contributed by atoms with Crippen LogP contribution in [-0.4, -0.2) is 11.7 Å². The fourth-order valence-corrected chi connectivity index (χ4v) is 2.54. The number of thioether (sulfide) groups is 1. The van der Waals surface area contributed by atoms with E-state index < -0.39 is 0 Å². The zero-order valence-corrected chi connectivity index (χ0v) is 12.1. The fraction of sp³-hybridized carbons (Fsp3) is 0.214. The molecule has 6 heteroatoms. The van der Waals surface area contributed by atoms with Gasteiger partial charge in [-0.15, -0.1) is 11.8 Å². The van der Waals surface area contributed by atoms with Gasteiger partial charge in [0, 0.05) is 10.8 Å². The largest absolute Gasteiger partial charge is 0.467 e. The molecule has 0 unspecified atom stereocenters. The number of hydrogen-bond donors (Lipinski definition) is 1. The number of rotatable bonds is 6. The first-order valence-electron chi connectivity index (χ1n) is 5.96. The number of benzene rings is 1. The molecule has 2 rings (SSSR count). The van der Waals surface area contributed by atoms with E-state index in [0.29, 0.717) is 28.6 Å². The molecule has 0 bridgehead atoms. The van der Waals surface area contributed by atoms with Gasteiger partial charge in [0.2, 0.25) is 5.91 Å². The summed E-state index contributed by atoms with van der Waals surface area (Å²) in [7, 11) is 0. The van der Waals surface area contributed by atoms with Crippen molar-refractivity contribution in [2.24, 2.45) is 0 Å². The van der Waals surface area contributed by atoms with Crippen LogP contribution in [0.15, 0.2) is 41.0 Å².